The highest BCUT2D eigenvalue weighted by Gasteiger charge is 2.54. The van der Waals surface area contributed by atoms with E-state index in [1.807, 2.05) is 0 Å². The van der Waals surface area contributed by atoms with Crippen molar-refractivity contribution in [3.8, 4) is 5.75 Å². The van der Waals surface area contributed by atoms with Crippen LogP contribution in [-0.2, 0) is 20.8 Å². The van der Waals surface area contributed by atoms with E-state index >= 15 is 0 Å². The van der Waals surface area contributed by atoms with Gasteiger partial charge in [0.15, 0.2) is 0 Å². The molecule has 0 fully saturated rings. The van der Waals surface area contributed by atoms with Crippen molar-refractivity contribution in [3.05, 3.63) is 29.8 Å². The summed E-state index contributed by atoms with van der Waals surface area (Å²) < 4.78 is 39.5. The summed E-state index contributed by atoms with van der Waals surface area (Å²) >= 11 is 0. The molecule has 1 aromatic carbocycles. The van der Waals surface area contributed by atoms with Gasteiger partial charge in [-0.15, -0.1) is 13.2 Å². The molecule has 1 aromatic rings. The van der Waals surface area contributed by atoms with Gasteiger partial charge in [-0.25, -0.2) is 0 Å². The average Bonchev–Trinajstić information content (AvgIpc) is 2.34. The number of carboxylic acid groups (broad SMARTS) is 3. The van der Waals surface area contributed by atoms with Gasteiger partial charge in [0.1, 0.15) is 5.75 Å². The standard InChI is InChI=1S/C12H9F3O7/c13-12(14,15)22-7-3-1-6(2-4-7)5-11(8(16)17,9(18)19)10(20)21/h1-4H,5H2,(H,16,17)(H,18,19)(H,20,21). The van der Waals surface area contributed by atoms with E-state index in [2.05, 4.69) is 4.74 Å². The molecule has 1 rings (SSSR count). The number of hydrogen-bond acceptors (Lipinski definition) is 4. The van der Waals surface area contributed by atoms with Crippen molar-refractivity contribution in [1.82, 2.24) is 0 Å². The number of hydrogen-bond donors (Lipinski definition) is 3. The molecule has 0 aliphatic heterocycles. The van der Waals surface area contributed by atoms with Crippen molar-refractivity contribution < 1.29 is 47.6 Å². The summed E-state index contributed by atoms with van der Waals surface area (Å²) in [5.41, 5.74) is -3.23. The number of ether oxygens (including phenoxy) is 1. The summed E-state index contributed by atoms with van der Waals surface area (Å²) in [6.07, 6.45) is -5.87. The molecule has 0 atom stereocenters. The Bertz CT molecular complexity index is 556. The summed E-state index contributed by atoms with van der Waals surface area (Å²) in [5, 5.41) is 26.7. The lowest BCUT2D eigenvalue weighted by atomic mass is 9.81. The van der Waals surface area contributed by atoms with Gasteiger partial charge in [0.2, 0.25) is 0 Å². The van der Waals surface area contributed by atoms with Crippen LogP contribution in [-0.4, -0.2) is 39.6 Å². The molecular weight excluding hydrogens is 313 g/mol. The molecule has 3 N–H and O–H groups in total. The number of aliphatic carboxylic acids is 3. The molecule has 0 aliphatic rings. The fourth-order valence-corrected chi connectivity index (χ4v) is 1.62. The van der Waals surface area contributed by atoms with E-state index in [0.717, 1.165) is 24.3 Å². The van der Waals surface area contributed by atoms with Gasteiger partial charge in [-0.3, -0.25) is 14.4 Å². The average molecular weight is 322 g/mol. The first-order chi connectivity index (χ1) is 9.99. The van der Waals surface area contributed by atoms with Gasteiger partial charge in [-0.05, 0) is 17.7 Å². The van der Waals surface area contributed by atoms with Crippen LogP contribution in [0.5, 0.6) is 5.75 Å². The van der Waals surface area contributed by atoms with Crippen LogP contribution >= 0.6 is 0 Å². The summed E-state index contributed by atoms with van der Waals surface area (Å²) in [5.74, 6) is -6.89. The summed E-state index contributed by atoms with van der Waals surface area (Å²) in [6, 6.07) is 3.54. The molecule has 22 heavy (non-hydrogen) atoms. The molecule has 7 nitrogen and oxygen atoms in total. The molecule has 0 aliphatic carbocycles. The Balaban J connectivity index is 3.08. The van der Waals surface area contributed by atoms with Crippen molar-refractivity contribution in [2.24, 2.45) is 5.41 Å². The van der Waals surface area contributed by atoms with Crippen LogP contribution in [0.25, 0.3) is 0 Å². The van der Waals surface area contributed by atoms with E-state index in [1.165, 1.54) is 0 Å². The lowest BCUT2D eigenvalue weighted by Gasteiger charge is -2.20. The first-order valence-electron chi connectivity index (χ1n) is 5.54. The minimum absolute atomic E-state index is 0.0956. The van der Waals surface area contributed by atoms with Gasteiger partial charge >= 0.3 is 24.3 Å². The zero-order valence-electron chi connectivity index (χ0n) is 10.6. The van der Waals surface area contributed by atoms with Crippen LogP contribution in [0.1, 0.15) is 5.56 Å². The normalized spacial score (nSPS) is 11.8. The first-order valence-corrected chi connectivity index (χ1v) is 5.54. The summed E-state index contributed by atoms with van der Waals surface area (Å²) in [4.78, 5) is 33.1. The van der Waals surface area contributed by atoms with Crippen molar-refractivity contribution in [2.45, 2.75) is 12.8 Å². The maximum atomic E-state index is 12.0. The molecule has 120 valence electrons. The highest BCUT2D eigenvalue weighted by atomic mass is 19.4. The van der Waals surface area contributed by atoms with Gasteiger partial charge in [0, 0.05) is 6.42 Å². The second-order valence-corrected chi connectivity index (χ2v) is 4.19. The molecule has 0 amide bonds. The van der Waals surface area contributed by atoms with Crippen LogP contribution < -0.4 is 4.74 Å². The van der Waals surface area contributed by atoms with Gasteiger partial charge in [0.25, 0.3) is 5.41 Å². The van der Waals surface area contributed by atoms with E-state index < -0.39 is 41.9 Å². The molecule has 0 saturated heterocycles. The van der Waals surface area contributed by atoms with Crippen LogP contribution in [0.4, 0.5) is 13.2 Å². The molecule has 10 heteroatoms. The second-order valence-electron chi connectivity index (χ2n) is 4.19. The number of halogens is 3. The fraction of sp³-hybridized carbons (Fsp3) is 0.250. The zero-order valence-corrected chi connectivity index (χ0v) is 10.6. The van der Waals surface area contributed by atoms with Crippen LogP contribution in [0.2, 0.25) is 0 Å². The van der Waals surface area contributed by atoms with E-state index in [0.29, 0.717) is 0 Å². The summed E-state index contributed by atoms with van der Waals surface area (Å²) in [7, 11) is 0. The topological polar surface area (TPSA) is 121 Å². The first kappa shape index (κ1) is 17.3. The molecule has 0 spiro atoms. The Morgan fingerprint density at radius 2 is 1.32 bits per heavy atom. The van der Waals surface area contributed by atoms with E-state index in [1.54, 1.807) is 0 Å². The molecule has 0 unspecified atom stereocenters. The number of rotatable bonds is 6. The van der Waals surface area contributed by atoms with Gasteiger partial charge in [-0.2, -0.15) is 0 Å². The van der Waals surface area contributed by atoms with E-state index in [-0.39, 0.29) is 5.56 Å². The molecule has 0 saturated carbocycles. The number of alkyl halides is 3. The zero-order chi connectivity index (χ0) is 17.1. The number of benzene rings is 1. The Hall–Kier alpha value is -2.78. The molecule has 0 heterocycles. The second kappa shape index (κ2) is 5.92. The predicted octanol–water partition coefficient (Wildman–Crippen LogP) is 1.37. The van der Waals surface area contributed by atoms with Crippen molar-refractivity contribution >= 4 is 17.9 Å². The lowest BCUT2D eigenvalue weighted by molar-refractivity contribution is -0.274. The summed E-state index contributed by atoms with van der Waals surface area (Å²) in [6.45, 7) is 0. The highest BCUT2D eigenvalue weighted by molar-refractivity contribution is 6.16. The largest absolute Gasteiger partial charge is 0.573 e. The minimum Gasteiger partial charge on any atom is -0.480 e. The Morgan fingerprint density at radius 3 is 1.64 bits per heavy atom. The molecular formula is C12H9F3O7. The number of carbonyl (C=O) groups is 3. The van der Waals surface area contributed by atoms with Crippen molar-refractivity contribution in [1.29, 1.82) is 0 Å². The maximum absolute atomic E-state index is 12.0. The van der Waals surface area contributed by atoms with E-state index in [9.17, 15) is 27.6 Å². The van der Waals surface area contributed by atoms with Crippen molar-refractivity contribution in [2.75, 3.05) is 0 Å². The third-order valence-corrected chi connectivity index (χ3v) is 2.72. The van der Waals surface area contributed by atoms with Gasteiger partial charge in [0.05, 0.1) is 0 Å². The van der Waals surface area contributed by atoms with Crippen LogP contribution in [0, 0.1) is 5.41 Å². The third kappa shape index (κ3) is 3.65. The third-order valence-electron chi connectivity index (χ3n) is 2.72. The number of carboxylic acids is 3. The van der Waals surface area contributed by atoms with Crippen molar-refractivity contribution in [3.63, 3.8) is 0 Å². The Labute approximate surface area is 120 Å². The van der Waals surface area contributed by atoms with Crippen LogP contribution in [0.3, 0.4) is 0 Å². The molecule has 0 aromatic heterocycles. The van der Waals surface area contributed by atoms with E-state index in [4.69, 9.17) is 15.3 Å². The maximum Gasteiger partial charge on any atom is 0.573 e. The Kier molecular flexibility index (Phi) is 4.64. The highest BCUT2D eigenvalue weighted by Crippen LogP contribution is 2.28. The molecule has 0 radical (unpaired) electrons. The smallest absolute Gasteiger partial charge is 0.480 e. The lowest BCUT2D eigenvalue weighted by Crippen LogP contribution is -2.48. The quantitative estimate of drug-likeness (QED) is 0.676. The van der Waals surface area contributed by atoms with Crippen LogP contribution in [0.15, 0.2) is 24.3 Å². The SMILES string of the molecule is O=C(O)C(Cc1ccc(OC(F)(F)F)cc1)(C(=O)O)C(=O)O. The Morgan fingerprint density at radius 1 is 0.909 bits per heavy atom. The molecule has 0 bridgehead atoms. The predicted molar refractivity (Wildman–Crippen MR) is 62.2 cm³/mol. The monoisotopic (exact) mass is 322 g/mol. The minimum atomic E-state index is -4.92. The fourth-order valence-electron chi connectivity index (χ4n) is 1.62. The van der Waals surface area contributed by atoms with Gasteiger partial charge < -0.3 is 20.1 Å². The van der Waals surface area contributed by atoms with Gasteiger partial charge in [-0.1, -0.05) is 12.1 Å².